The van der Waals surface area contributed by atoms with Crippen molar-refractivity contribution in [3.8, 4) is 0 Å². The molecule has 0 bridgehead atoms. The number of nitrogen functional groups attached to an aromatic ring is 1. The first kappa shape index (κ1) is 14.5. The van der Waals surface area contributed by atoms with Gasteiger partial charge in [0.05, 0.1) is 5.56 Å². The summed E-state index contributed by atoms with van der Waals surface area (Å²) < 4.78 is 38.8. The van der Waals surface area contributed by atoms with Crippen molar-refractivity contribution in [1.82, 2.24) is 0 Å². The smallest absolute Gasteiger partial charge is 0.398 e. The molecule has 1 saturated heterocycles. The Bertz CT molecular complexity index is 509. The van der Waals surface area contributed by atoms with Gasteiger partial charge in [0, 0.05) is 24.5 Å². The molecule has 21 heavy (non-hydrogen) atoms. The highest BCUT2D eigenvalue weighted by atomic mass is 19.4. The van der Waals surface area contributed by atoms with Crippen molar-refractivity contribution >= 4 is 11.4 Å². The predicted molar refractivity (Wildman–Crippen MR) is 78.2 cm³/mol. The highest BCUT2D eigenvalue weighted by molar-refractivity contribution is 5.59. The fourth-order valence-electron chi connectivity index (χ4n) is 3.85. The van der Waals surface area contributed by atoms with Crippen LogP contribution in [0.2, 0.25) is 0 Å². The lowest BCUT2D eigenvalue weighted by molar-refractivity contribution is -0.136. The monoisotopic (exact) mass is 298 g/mol. The molecule has 1 aromatic carbocycles. The Morgan fingerprint density at radius 3 is 2.19 bits per heavy atom. The Labute approximate surface area is 123 Å². The number of piperidine rings is 1. The Morgan fingerprint density at radius 1 is 1.00 bits per heavy atom. The van der Waals surface area contributed by atoms with Crippen LogP contribution < -0.4 is 10.6 Å². The van der Waals surface area contributed by atoms with Gasteiger partial charge in [-0.25, -0.2) is 0 Å². The first-order chi connectivity index (χ1) is 9.90. The average Bonchev–Trinajstić information content (AvgIpc) is 2.87. The molecule has 2 aliphatic rings. The van der Waals surface area contributed by atoms with Crippen molar-refractivity contribution in [3.63, 3.8) is 0 Å². The van der Waals surface area contributed by atoms with E-state index in [0.717, 1.165) is 25.9 Å². The Balaban J connectivity index is 1.76. The van der Waals surface area contributed by atoms with E-state index in [2.05, 4.69) is 4.90 Å². The minimum absolute atomic E-state index is 0.199. The zero-order chi connectivity index (χ0) is 15.1. The van der Waals surface area contributed by atoms with Gasteiger partial charge in [-0.2, -0.15) is 13.2 Å². The van der Waals surface area contributed by atoms with Crippen molar-refractivity contribution < 1.29 is 13.2 Å². The molecule has 1 aliphatic carbocycles. The van der Waals surface area contributed by atoms with Crippen molar-refractivity contribution in [1.29, 1.82) is 0 Å². The van der Waals surface area contributed by atoms with Crippen LogP contribution in [0.1, 0.15) is 44.1 Å². The van der Waals surface area contributed by atoms with Gasteiger partial charge >= 0.3 is 6.18 Å². The summed E-state index contributed by atoms with van der Waals surface area (Å²) in [6.45, 7) is 1.70. The average molecular weight is 298 g/mol. The van der Waals surface area contributed by atoms with Gasteiger partial charge in [0.2, 0.25) is 0 Å². The predicted octanol–water partition coefficient (Wildman–Crippen LogP) is 4.45. The van der Waals surface area contributed by atoms with Gasteiger partial charge in [-0.1, -0.05) is 12.8 Å². The van der Waals surface area contributed by atoms with Crippen LogP contribution in [-0.2, 0) is 6.18 Å². The molecule has 3 rings (SSSR count). The van der Waals surface area contributed by atoms with Gasteiger partial charge in [-0.15, -0.1) is 0 Å². The summed E-state index contributed by atoms with van der Waals surface area (Å²) in [5, 5.41) is 0. The van der Waals surface area contributed by atoms with Gasteiger partial charge in [-0.3, -0.25) is 0 Å². The number of hydrogen-bond donors (Lipinski definition) is 1. The molecule has 0 radical (unpaired) electrons. The van der Waals surface area contributed by atoms with E-state index in [1.54, 1.807) is 6.07 Å². The standard InChI is InChI=1S/C16H21F3N2/c17-16(18,19)13-11-12(3-4-14(13)20)21-9-7-15(8-10-21)5-1-2-6-15/h3-4,11H,1-2,5-10,20H2. The summed E-state index contributed by atoms with van der Waals surface area (Å²) in [4.78, 5) is 2.07. The van der Waals surface area contributed by atoms with E-state index in [1.165, 1.54) is 37.8 Å². The molecule has 2 nitrogen and oxygen atoms in total. The highest BCUT2D eigenvalue weighted by Gasteiger charge is 2.38. The Kier molecular flexibility index (Phi) is 3.54. The lowest BCUT2D eigenvalue weighted by Gasteiger charge is -2.40. The minimum Gasteiger partial charge on any atom is -0.398 e. The number of hydrogen-bond acceptors (Lipinski definition) is 2. The van der Waals surface area contributed by atoms with Gasteiger partial charge in [-0.05, 0) is 49.3 Å². The molecule has 116 valence electrons. The van der Waals surface area contributed by atoms with E-state index in [0.29, 0.717) is 11.1 Å². The van der Waals surface area contributed by atoms with Crippen LogP contribution in [0.25, 0.3) is 0 Å². The second-order valence-corrected chi connectivity index (χ2v) is 6.46. The van der Waals surface area contributed by atoms with Crippen molar-refractivity contribution in [2.24, 2.45) is 5.41 Å². The topological polar surface area (TPSA) is 29.3 Å². The third-order valence-electron chi connectivity index (χ3n) is 5.20. The zero-order valence-corrected chi connectivity index (χ0v) is 12.0. The number of anilines is 2. The van der Waals surface area contributed by atoms with Gasteiger partial charge < -0.3 is 10.6 Å². The number of halogens is 3. The van der Waals surface area contributed by atoms with Crippen LogP contribution >= 0.6 is 0 Å². The second kappa shape index (κ2) is 5.11. The highest BCUT2D eigenvalue weighted by Crippen LogP contribution is 2.47. The van der Waals surface area contributed by atoms with Crippen LogP contribution in [0.5, 0.6) is 0 Å². The largest absolute Gasteiger partial charge is 0.418 e. The Hall–Kier alpha value is -1.39. The summed E-state index contributed by atoms with van der Waals surface area (Å²) in [6, 6.07) is 4.28. The van der Waals surface area contributed by atoms with E-state index >= 15 is 0 Å². The molecule has 1 aliphatic heterocycles. The summed E-state index contributed by atoms with van der Waals surface area (Å²) >= 11 is 0. The summed E-state index contributed by atoms with van der Waals surface area (Å²) in [7, 11) is 0. The van der Waals surface area contributed by atoms with E-state index in [-0.39, 0.29) is 5.69 Å². The van der Waals surface area contributed by atoms with Crippen molar-refractivity contribution in [2.45, 2.75) is 44.7 Å². The van der Waals surface area contributed by atoms with Gasteiger partial charge in [0.1, 0.15) is 0 Å². The van der Waals surface area contributed by atoms with Crippen LogP contribution in [0.4, 0.5) is 24.5 Å². The maximum Gasteiger partial charge on any atom is 0.418 e. The molecule has 1 spiro atoms. The van der Waals surface area contributed by atoms with E-state index < -0.39 is 11.7 Å². The number of nitrogens with two attached hydrogens (primary N) is 1. The molecule has 1 saturated carbocycles. The molecule has 2 fully saturated rings. The first-order valence-electron chi connectivity index (χ1n) is 7.61. The van der Waals surface area contributed by atoms with E-state index in [9.17, 15) is 13.2 Å². The van der Waals surface area contributed by atoms with E-state index in [4.69, 9.17) is 5.73 Å². The third-order valence-corrected chi connectivity index (χ3v) is 5.20. The lowest BCUT2D eigenvalue weighted by atomic mass is 9.77. The molecular weight excluding hydrogens is 277 g/mol. The second-order valence-electron chi connectivity index (χ2n) is 6.46. The number of rotatable bonds is 1. The van der Waals surface area contributed by atoms with Crippen LogP contribution in [0, 0.1) is 5.41 Å². The molecule has 0 atom stereocenters. The van der Waals surface area contributed by atoms with Crippen LogP contribution in [0.15, 0.2) is 18.2 Å². The maximum atomic E-state index is 12.9. The van der Waals surface area contributed by atoms with E-state index in [1.807, 2.05) is 0 Å². The molecule has 1 heterocycles. The fraction of sp³-hybridized carbons (Fsp3) is 0.625. The Morgan fingerprint density at radius 2 is 1.62 bits per heavy atom. The minimum atomic E-state index is -4.39. The van der Waals surface area contributed by atoms with Gasteiger partial charge in [0.25, 0.3) is 0 Å². The molecule has 2 N–H and O–H groups in total. The fourth-order valence-corrected chi connectivity index (χ4v) is 3.85. The summed E-state index contributed by atoms with van der Waals surface area (Å²) in [5.41, 5.74) is 5.65. The molecule has 1 aromatic rings. The third kappa shape index (κ3) is 2.83. The quantitative estimate of drug-likeness (QED) is 0.776. The molecule has 5 heteroatoms. The van der Waals surface area contributed by atoms with Crippen molar-refractivity contribution in [2.75, 3.05) is 23.7 Å². The summed E-state index contributed by atoms with van der Waals surface area (Å²) in [5.74, 6) is 0. The molecule has 0 unspecified atom stereocenters. The number of benzene rings is 1. The lowest BCUT2D eigenvalue weighted by Crippen LogP contribution is -2.39. The normalized spacial score (nSPS) is 22.0. The molecule has 0 aromatic heterocycles. The van der Waals surface area contributed by atoms with Crippen molar-refractivity contribution in [3.05, 3.63) is 23.8 Å². The van der Waals surface area contributed by atoms with Crippen LogP contribution in [0.3, 0.4) is 0 Å². The van der Waals surface area contributed by atoms with Gasteiger partial charge in [0.15, 0.2) is 0 Å². The first-order valence-corrected chi connectivity index (χ1v) is 7.61. The zero-order valence-electron chi connectivity index (χ0n) is 12.0. The van der Waals surface area contributed by atoms with Crippen LogP contribution in [-0.4, -0.2) is 13.1 Å². The maximum absolute atomic E-state index is 12.9. The molecule has 0 amide bonds. The summed E-state index contributed by atoms with van der Waals surface area (Å²) in [6.07, 6.45) is 2.99. The molecular formula is C16H21F3N2. The SMILES string of the molecule is Nc1ccc(N2CCC3(CCCC3)CC2)cc1C(F)(F)F. The number of alkyl halides is 3. The number of nitrogens with zero attached hydrogens (tertiary/aromatic N) is 1.